The highest BCUT2D eigenvalue weighted by molar-refractivity contribution is 5.92. The van der Waals surface area contributed by atoms with Crippen LogP contribution in [-0.4, -0.2) is 69.4 Å². The number of ether oxygens (including phenoxy) is 4. The molecule has 3 fully saturated rings. The molecule has 4 atom stereocenters. The summed E-state index contributed by atoms with van der Waals surface area (Å²) in [7, 11) is 0. The quantitative estimate of drug-likeness (QED) is 0.109. The molecule has 2 N–H and O–H groups in total. The Labute approximate surface area is 312 Å². The van der Waals surface area contributed by atoms with Crippen molar-refractivity contribution in [3.8, 4) is 23.0 Å². The Morgan fingerprint density at radius 1 is 0.500 bits per heavy atom. The second-order valence-electron chi connectivity index (χ2n) is 14.2. The van der Waals surface area contributed by atoms with Gasteiger partial charge >= 0.3 is 12.3 Å². The number of benzene rings is 4. The number of hydrogen-bond donors (Lipinski definition) is 2. The van der Waals surface area contributed by atoms with E-state index in [1.807, 2.05) is 84.9 Å². The molecule has 12 nitrogen and oxygen atoms in total. The summed E-state index contributed by atoms with van der Waals surface area (Å²) < 4.78 is 22.1. The van der Waals surface area contributed by atoms with Gasteiger partial charge in [0.25, 0.3) is 0 Å². The molecule has 0 saturated heterocycles. The van der Waals surface area contributed by atoms with E-state index >= 15 is 0 Å². The van der Waals surface area contributed by atoms with E-state index in [4.69, 9.17) is 18.9 Å². The second-order valence-corrected chi connectivity index (χ2v) is 14.2. The van der Waals surface area contributed by atoms with Crippen molar-refractivity contribution in [3.63, 3.8) is 0 Å². The highest BCUT2D eigenvalue weighted by Crippen LogP contribution is 2.44. The van der Waals surface area contributed by atoms with Gasteiger partial charge in [-0.1, -0.05) is 60.7 Å². The summed E-state index contributed by atoms with van der Waals surface area (Å²) in [4.78, 5) is 56.2. The van der Waals surface area contributed by atoms with Gasteiger partial charge < -0.3 is 39.0 Å². The highest BCUT2D eigenvalue weighted by atomic mass is 16.7. The lowest BCUT2D eigenvalue weighted by atomic mass is 9.66. The average Bonchev–Trinajstić information content (AvgIpc) is 4.11. The summed E-state index contributed by atoms with van der Waals surface area (Å²) in [5.74, 6) is -0.442. The molecule has 4 aromatic rings. The molecule has 3 aliphatic carbocycles. The molecular formula is C42H42N2O10. The zero-order valence-corrected chi connectivity index (χ0v) is 29.6. The zero-order chi connectivity index (χ0) is 37.6. The molecular weight excluding hydrogens is 692 g/mol. The van der Waals surface area contributed by atoms with Gasteiger partial charge in [-0.2, -0.15) is 0 Å². The van der Waals surface area contributed by atoms with Gasteiger partial charge in [0.15, 0.2) is 12.2 Å². The van der Waals surface area contributed by atoms with E-state index in [2.05, 4.69) is 0 Å². The molecule has 12 heteroatoms. The summed E-state index contributed by atoms with van der Waals surface area (Å²) in [5.41, 5.74) is 1.60. The number of carbonyl (C=O) groups is 4. The van der Waals surface area contributed by atoms with Crippen LogP contribution in [-0.2, 0) is 32.2 Å². The number of amides is 2. The van der Waals surface area contributed by atoms with Gasteiger partial charge in [0.05, 0.1) is 11.8 Å². The van der Waals surface area contributed by atoms with Crippen molar-refractivity contribution >= 4 is 24.1 Å². The summed E-state index contributed by atoms with van der Waals surface area (Å²) in [6, 6.07) is 33.3. The monoisotopic (exact) mass is 734 g/mol. The number of rotatable bonds is 16. The molecule has 0 spiro atoms. The zero-order valence-electron chi connectivity index (χ0n) is 29.6. The summed E-state index contributed by atoms with van der Waals surface area (Å²) >= 11 is 0. The van der Waals surface area contributed by atoms with Crippen molar-refractivity contribution in [2.75, 3.05) is 13.1 Å². The van der Waals surface area contributed by atoms with Crippen molar-refractivity contribution < 1.29 is 48.3 Å². The maximum absolute atomic E-state index is 14.6. The molecule has 0 aromatic heterocycles. The first-order chi connectivity index (χ1) is 26.2. The molecule has 0 radical (unpaired) electrons. The largest absolute Gasteiger partial charge is 0.506 e. The van der Waals surface area contributed by atoms with Crippen LogP contribution in [0.1, 0.15) is 36.8 Å². The van der Waals surface area contributed by atoms with E-state index in [9.17, 15) is 29.4 Å². The maximum Gasteiger partial charge on any atom is 0.506 e. The predicted octanol–water partition coefficient (Wildman–Crippen LogP) is 7.82. The Morgan fingerprint density at radius 3 is 1.15 bits per heavy atom. The van der Waals surface area contributed by atoms with Crippen LogP contribution in [0.5, 0.6) is 23.0 Å². The van der Waals surface area contributed by atoms with Gasteiger partial charge in [0.2, 0.25) is 11.8 Å². The summed E-state index contributed by atoms with van der Waals surface area (Å²) in [5, 5.41) is 19.3. The molecule has 280 valence electrons. The Balaban J connectivity index is 1.12. The molecule has 0 bridgehead atoms. The molecule has 2 amide bonds. The first kappa shape index (κ1) is 36.3. The van der Waals surface area contributed by atoms with Crippen molar-refractivity contribution in [2.24, 2.45) is 23.7 Å². The summed E-state index contributed by atoms with van der Waals surface area (Å²) in [6.07, 6.45) is -2.65. The number of carboxylic acid groups (broad SMARTS) is 2. The smallest absolute Gasteiger partial charge is 0.457 e. The lowest BCUT2D eigenvalue weighted by Crippen LogP contribution is -2.68. The highest BCUT2D eigenvalue weighted by Gasteiger charge is 2.64. The number of hydrogen-bond acceptors (Lipinski definition) is 8. The Hall–Kier alpha value is -6.04. The Kier molecular flexibility index (Phi) is 11.0. The van der Waals surface area contributed by atoms with Crippen LogP contribution in [0.3, 0.4) is 0 Å². The van der Waals surface area contributed by atoms with Crippen molar-refractivity contribution in [3.05, 3.63) is 120 Å². The average molecular weight is 735 g/mol. The third kappa shape index (κ3) is 9.30. The minimum atomic E-state index is -1.70. The fourth-order valence-corrected chi connectivity index (χ4v) is 6.90. The summed E-state index contributed by atoms with van der Waals surface area (Å²) in [6.45, 7) is 1.16. The molecule has 7 rings (SSSR count). The fourth-order valence-electron chi connectivity index (χ4n) is 6.90. The van der Waals surface area contributed by atoms with Crippen LogP contribution in [0.4, 0.5) is 9.59 Å². The third-order valence-corrected chi connectivity index (χ3v) is 9.99. The molecule has 54 heavy (non-hydrogen) atoms. The van der Waals surface area contributed by atoms with Gasteiger partial charge in [-0.05, 0) is 97.2 Å². The van der Waals surface area contributed by atoms with E-state index in [0.717, 1.165) is 36.8 Å². The molecule has 0 heterocycles. The topological polar surface area (TPSA) is 152 Å². The van der Waals surface area contributed by atoms with Crippen LogP contribution < -0.4 is 9.47 Å². The fraction of sp³-hybridized carbons (Fsp3) is 0.333. The molecule has 0 unspecified atom stereocenters. The molecule has 4 aromatic carbocycles. The van der Waals surface area contributed by atoms with Gasteiger partial charge in [-0.3, -0.25) is 9.59 Å². The maximum atomic E-state index is 14.6. The van der Waals surface area contributed by atoms with Gasteiger partial charge in [-0.25, -0.2) is 9.59 Å². The lowest BCUT2D eigenvalue weighted by Gasteiger charge is -2.49. The van der Waals surface area contributed by atoms with E-state index in [1.54, 1.807) is 34.1 Å². The molecule has 0 aliphatic heterocycles. The molecule has 3 aliphatic rings. The van der Waals surface area contributed by atoms with Crippen LogP contribution in [0, 0.1) is 23.7 Å². The Bertz CT molecular complexity index is 1770. The number of carbonyl (C=O) groups excluding carboxylic acids is 2. The van der Waals surface area contributed by atoms with Crippen molar-refractivity contribution in [2.45, 2.75) is 51.0 Å². The first-order valence-electron chi connectivity index (χ1n) is 18.2. The van der Waals surface area contributed by atoms with Gasteiger partial charge in [0, 0.05) is 26.2 Å². The Morgan fingerprint density at radius 2 is 0.833 bits per heavy atom. The van der Waals surface area contributed by atoms with Gasteiger partial charge in [-0.15, -0.1) is 0 Å². The van der Waals surface area contributed by atoms with Crippen LogP contribution in [0.15, 0.2) is 109 Å². The van der Waals surface area contributed by atoms with E-state index in [-0.39, 0.29) is 24.9 Å². The van der Waals surface area contributed by atoms with Crippen LogP contribution in [0.2, 0.25) is 0 Å². The third-order valence-electron chi connectivity index (χ3n) is 9.99. The van der Waals surface area contributed by atoms with E-state index < -0.39 is 48.2 Å². The first-order valence-corrected chi connectivity index (χ1v) is 18.2. The van der Waals surface area contributed by atoms with E-state index in [0.29, 0.717) is 36.1 Å². The normalized spacial score (nSPS) is 20.1. The molecule has 3 saturated carbocycles. The van der Waals surface area contributed by atoms with Crippen LogP contribution in [0.25, 0.3) is 0 Å². The minimum absolute atomic E-state index is 0.186. The number of nitrogens with zero attached hydrogens (tertiary/aromatic N) is 2. The second kappa shape index (κ2) is 16.3. The lowest BCUT2D eigenvalue weighted by molar-refractivity contribution is -0.198. The SMILES string of the molecule is O=C(O)O[C@@H]1[C@@H](OC(=O)O)[C@@H](C(=O)N(Cc2ccc(Oc3ccccc3)cc2)CC2CC2)[C@@H]1C(=O)N(Cc1ccc(Oc2ccccc2)cc1)CC1CC1. The van der Waals surface area contributed by atoms with Crippen LogP contribution >= 0.6 is 0 Å². The van der Waals surface area contributed by atoms with Crippen molar-refractivity contribution in [1.29, 1.82) is 0 Å². The van der Waals surface area contributed by atoms with Gasteiger partial charge in [0.1, 0.15) is 23.0 Å². The van der Waals surface area contributed by atoms with E-state index in [1.165, 1.54) is 0 Å². The standard InChI is InChI=1S/C42H42N2O10/c45-39(43(23-27-11-12-27)25-29-15-19-33(20-16-29)51-31-7-3-1-4-8-31)35-36(38(54-42(49)50)37(35)53-41(47)48)40(46)44(24-28-13-14-28)26-30-17-21-34(22-18-30)52-32-9-5-2-6-10-32/h1-10,15-22,27-28,35-38H,11-14,23-26H2,(H,47,48)(H,49,50)/t35-,36-,37-,38-/m0/s1. The minimum Gasteiger partial charge on any atom is -0.457 e. The predicted molar refractivity (Wildman–Crippen MR) is 195 cm³/mol. The number of para-hydroxylation sites is 2. The van der Waals surface area contributed by atoms with Crippen molar-refractivity contribution in [1.82, 2.24) is 9.80 Å².